The van der Waals surface area contributed by atoms with E-state index in [4.69, 9.17) is 4.43 Å². The summed E-state index contributed by atoms with van der Waals surface area (Å²) in [6.45, 7) is 7.61. The third-order valence-electron chi connectivity index (χ3n) is 1.43. The molecule has 0 amide bonds. The van der Waals surface area contributed by atoms with E-state index >= 15 is 0 Å². The largest absolute Gasteiger partial charge is 0.417 e. The van der Waals surface area contributed by atoms with E-state index < -0.39 is 9.04 Å². The van der Waals surface area contributed by atoms with Gasteiger partial charge >= 0.3 is 0 Å². The summed E-state index contributed by atoms with van der Waals surface area (Å²) in [6.07, 6.45) is 2.45. The van der Waals surface area contributed by atoms with Crippen LogP contribution in [0.25, 0.3) is 0 Å². The molecule has 0 aromatic carbocycles. The number of hydrogen-bond acceptors (Lipinski definition) is 1. The highest BCUT2D eigenvalue weighted by atomic mass is 28.3. The van der Waals surface area contributed by atoms with Crippen LogP contribution in [0.2, 0.25) is 12.1 Å². The van der Waals surface area contributed by atoms with E-state index in [1.54, 1.807) is 0 Å². The Bertz CT molecular complexity index is 66.3. The van der Waals surface area contributed by atoms with Gasteiger partial charge in [0.2, 0.25) is 9.04 Å². The maximum atomic E-state index is 5.68. The summed E-state index contributed by atoms with van der Waals surface area (Å²) in [6, 6.07) is 2.58. The molecule has 2 heteroatoms. The fourth-order valence-corrected chi connectivity index (χ4v) is 2.63. The molecule has 0 aromatic rings. The van der Waals surface area contributed by atoms with Gasteiger partial charge in [0.05, 0.1) is 0 Å². The molecule has 0 unspecified atom stereocenters. The summed E-state index contributed by atoms with van der Waals surface area (Å²) in [5.41, 5.74) is 0. The third-order valence-corrected chi connectivity index (χ3v) is 3.89. The second-order valence-electron chi connectivity index (χ2n) is 2.49. The molecule has 0 atom stereocenters. The van der Waals surface area contributed by atoms with Crippen LogP contribution in [0.15, 0.2) is 0 Å². The average Bonchev–Trinajstić information content (AvgIpc) is 1.98. The SMILES string of the molecule is CCCO[Si](CC)CCC. The molecule has 0 aliphatic carbocycles. The van der Waals surface area contributed by atoms with Gasteiger partial charge in [-0.05, 0) is 18.5 Å². The van der Waals surface area contributed by atoms with Gasteiger partial charge in [0, 0.05) is 6.61 Å². The first-order chi connectivity index (χ1) is 4.85. The Kier molecular flexibility index (Phi) is 7.41. The van der Waals surface area contributed by atoms with Crippen molar-refractivity contribution in [3.05, 3.63) is 0 Å². The maximum absolute atomic E-state index is 5.68. The molecule has 10 heavy (non-hydrogen) atoms. The van der Waals surface area contributed by atoms with Crippen molar-refractivity contribution in [3.63, 3.8) is 0 Å². The van der Waals surface area contributed by atoms with E-state index in [1.165, 1.54) is 18.5 Å². The van der Waals surface area contributed by atoms with E-state index in [0.29, 0.717) is 0 Å². The van der Waals surface area contributed by atoms with Crippen molar-refractivity contribution < 1.29 is 4.43 Å². The van der Waals surface area contributed by atoms with E-state index in [9.17, 15) is 0 Å². The third kappa shape index (κ3) is 5.00. The summed E-state index contributed by atoms with van der Waals surface area (Å²) in [5, 5.41) is 0. The van der Waals surface area contributed by atoms with Crippen LogP contribution in [0, 0.1) is 0 Å². The van der Waals surface area contributed by atoms with Crippen LogP contribution < -0.4 is 0 Å². The van der Waals surface area contributed by atoms with Crippen molar-refractivity contribution in [1.82, 2.24) is 0 Å². The Hall–Kier alpha value is 0.177. The molecule has 0 heterocycles. The summed E-state index contributed by atoms with van der Waals surface area (Å²) in [5.74, 6) is 0. The molecule has 1 radical (unpaired) electrons. The Balaban J connectivity index is 3.21. The standard InChI is InChI=1S/C8H19OSi/c1-4-7-9-10(6-3)8-5-2/h4-8H2,1-3H3. The monoisotopic (exact) mass is 159 g/mol. The summed E-state index contributed by atoms with van der Waals surface area (Å²) < 4.78 is 5.68. The predicted molar refractivity (Wildman–Crippen MR) is 47.6 cm³/mol. The molecule has 0 rings (SSSR count). The fraction of sp³-hybridized carbons (Fsp3) is 1.00. The van der Waals surface area contributed by atoms with Gasteiger partial charge in [-0.25, -0.2) is 0 Å². The minimum atomic E-state index is -0.398. The average molecular weight is 159 g/mol. The molecule has 0 fully saturated rings. The second kappa shape index (κ2) is 7.29. The fourth-order valence-electron chi connectivity index (χ4n) is 0.876. The van der Waals surface area contributed by atoms with Gasteiger partial charge in [-0.2, -0.15) is 0 Å². The lowest BCUT2D eigenvalue weighted by molar-refractivity contribution is 0.318. The van der Waals surface area contributed by atoms with Crippen LogP contribution in [0.3, 0.4) is 0 Å². The Morgan fingerprint density at radius 2 is 1.80 bits per heavy atom. The molecule has 0 saturated heterocycles. The highest BCUT2D eigenvalue weighted by molar-refractivity contribution is 6.51. The van der Waals surface area contributed by atoms with E-state index in [0.717, 1.165) is 13.0 Å². The van der Waals surface area contributed by atoms with Gasteiger partial charge in [-0.3, -0.25) is 0 Å². The molecule has 0 aromatic heterocycles. The minimum Gasteiger partial charge on any atom is -0.417 e. The molecule has 61 valence electrons. The zero-order chi connectivity index (χ0) is 7.82. The van der Waals surface area contributed by atoms with Crippen molar-refractivity contribution >= 4 is 9.04 Å². The van der Waals surface area contributed by atoms with E-state index in [2.05, 4.69) is 20.8 Å². The quantitative estimate of drug-likeness (QED) is 0.542. The first kappa shape index (κ1) is 10.2. The predicted octanol–water partition coefficient (Wildman–Crippen LogP) is 2.83. The van der Waals surface area contributed by atoms with Crippen LogP contribution in [-0.4, -0.2) is 15.6 Å². The summed E-state index contributed by atoms with van der Waals surface area (Å²) in [7, 11) is -0.398. The lowest BCUT2D eigenvalue weighted by atomic mass is 10.5. The molecular weight excluding hydrogens is 140 g/mol. The second-order valence-corrected chi connectivity index (χ2v) is 5.06. The zero-order valence-corrected chi connectivity index (χ0v) is 8.44. The molecule has 0 aliphatic heterocycles. The van der Waals surface area contributed by atoms with Crippen LogP contribution in [-0.2, 0) is 4.43 Å². The first-order valence-electron chi connectivity index (χ1n) is 4.32. The van der Waals surface area contributed by atoms with Gasteiger partial charge in [0.15, 0.2) is 0 Å². The summed E-state index contributed by atoms with van der Waals surface area (Å²) >= 11 is 0. The molecule has 0 bridgehead atoms. The lowest BCUT2D eigenvalue weighted by Gasteiger charge is -2.10. The zero-order valence-electron chi connectivity index (χ0n) is 7.44. The van der Waals surface area contributed by atoms with Gasteiger partial charge in [0.25, 0.3) is 0 Å². The van der Waals surface area contributed by atoms with Crippen molar-refractivity contribution in [2.24, 2.45) is 0 Å². The number of rotatable bonds is 6. The molecule has 0 saturated carbocycles. The van der Waals surface area contributed by atoms with Crippen molar-refractivity contribution in [2.75, 3.05) is 6.61 Å². The van der Waals surface area contributed by atoms with Crippen molar-refractivity contribution in [3.8, 4) is 0 Å². The van der Waals surface area contributed by atoms with Crippen LogP contribution in [0.1, 0.15) is 33.6 Å². The molecule has 0 N–H and O–H groups in total. The Morgan fingerprint density at radius 3 is 2.20 bits per heavy atom. The first-order valence-corrected chi connectivity index (χ1v) is 6.14. The van der Waals surface area contributed by atoms with Crippen LogP contribution >= 0.6 is 0 Å². The minimum absolute atomic E-state index is 0.398. The van der Waals surface area contributed by atoms with Gasteiger partial charge in [-0.15, -0.1) is 0 Å². The maximum Gasteiger partial charge on any atom is 0.211 e. The van der Waals surface area contributed by atoms with Gasteiger partial charge in [0.1, 0.15) is 0 Å². The summed E-state index contributed by atoms with van der Waals surface area (Å²) in [4.78, 5) is 0. The highest BCUT2D eigenvalue weighted by Gasteiger charge is 2.07. The smallest absolute Gasteiger partial charge is 0.211 e. The van der Waals surface area contributed by atoms with Crippen LogP contribution in [0.5, 0.6) is 0 Å². The van der Waals surface area contributed by atoms with Crippen molar-refractivity contribution in [2.45, 2.75) is 45.7 Å². The molecular formula is C8H19OSi. The highest BCUT2D eigenvalue weighted by Crippen LogP contribution is 2.03. The van der Waals surface area contributed by atoms with E-state index in [-0.39, 0.29) is 0 Å². The lowest BCUT2D eigenvalue weighted by Crippen LogP contribution is -2.16. The number of hydrogen-bond donors (Lipinski definition) is 0. The normalized spacial score (nSPS) is 10.8. The van der Waals surface area contributed by atoms with Crippen LogP contribution in [0.4, 0.5) is 0 Å². The molecule has 0 spiro atoms. The Morgan fingerprint density at radius 1 is 1.10 bits per heavy atom. The van der Waals surface area contributed by atoms with Gasteiger partial charge < -0.3 is 4.43 Å². The molecule has 0 aliphatic rings. The van der Waals surface area contributed by atoms with Crippen molar-refractivity contribution in [1.29, 1.82) is 0 Å². The Labute approximate surface area is 66.5 Å². The topological polar surface area (TPSA) is 9.23 Å². The van der Waals surface area contributed by atoms with Gasteiger partial charge in [-0.1, -0.05) is 27.2 Å². The van der Waals surface area contributed by atoms with E-state index in [1.807, 2.05) is 0 Å². The molecule has 1 nitrogen and oxygen atoms in total.